The van der Waals surface area contributed by atoms with Crippen molar-refractivity contribution in [3.63, 3.8) is 0 Å². The van der Waals surface area contributed by atoms with Crippen LogP contribution in [0.2, 0.25) is 0 Å². The Morgan fingerprint density at radius 2 is 2.00 bits per heavy atom. The fourth-order valence-corrected chi connectivity index (χ4v) is 3.07. The maximum absolute atomic E-state index is 11.8. The van der Waals surface area contributed by atoms with Crippen molar-refractivity contribution in [3.05, 3.63) is 47.8 Å². The fourth-order valence-electron chi connectivity index (χ4n) is 1.81. The summed E-state index contributed by atoms with van der Waals surface area (Å²) in [6, 6.07) is 12.2. The molecule has 3 N–H and O–H groups in total. The van der Waals surface area contributed by atoms with Crippen LogP contribution in [-0.4, -0.2) is 32.9 Å². The molecule has 0 aliphatic rings. The Bertz CT molecular complexity index is 818. The molecule has 0 bridgehead atoms. The smallest absolute Gasteiger partial charge is 0.308 e. The van der Waals surface area contributed by atoms with E-state index in [1.807, 2.05) is 23.6 Å². The maximum Gasteiger partial charge on any atom is 0.325 e. The van der Waals surface area contributed by atoms with Crippen molar-refractivity contribution in [2.75, 3.05) is 11.1 Å². The standard InChI is InChI=1S/C15H13N5O2S2/c21-12(17-14(22)16-10-5-2-1-3-6-10)9-24-15-18-13(19-20-15)11-7-4-8-23-11/h1-8H,9H2,(H,18,19,20)(H2,16,17,21,22). The molecule has 0 saturated carbocycles. The summed E-state index contributed by atoms with van der Waals surface area (Å²) in [5.41, 5.74) is 0.616. The van der Waals surface area contributed by atoms with Gasteiger partial charge in [-0.2, -0.15) is 0 Å². The number of aromatic nitrogens is 3. The first-order chi connectivity index (χ1) is 11.7. The van der Waals surface area contributed by atoms with Crippen molar-refractivity contribution in [1.29, 1.82) is 0 Å². The van der Waals surface area contributed by atoms with E-state index in [0.29, 0.717) is 16.7 Å². The molecule has 7 nitrogen and oxygen atoms in total. The molecule has 0 unspecified atom stereocenters. The molecule has 9 heteroatoms. The number of H-pyrrole nitrogens is 1. The quantitative estimate of drug-likeness (QED) is 0.608. The number of thioether (sulfide) groups is 1. The minimum absolute atomic E-state index is 0.0456. The summed E-state index contributed by atoms with van der Waals surface area (Å²) >= 11 is 2.70. The van der Waals surface area contributed by atoms with Crippen molar-refractivity contribution < 1.29 is 9.59 Å². The molecule has 1 aromatic carbocycles. The number of amides is 3. The van der Waals surface area contributed by atoms with Gasteiger partial charge in [0.1, 0.15) is 0 Å². The van der Waals surface area contributed by atoms with Crippen LogP contribution in [0.15, 0.2) is 53.0 Å². The third-order valence-corrected chi connectivity index (χ3v) is 4.56. The Morgan fingerprint density at radius 3 is 2.75 bits per heavy atom. The molecule has 122 valence electrons. The summed E-state index contributed by atoms with van der Waals surface area (Å²) in [6.07, 6.45) is 0. The zero-order chi connectivity index (χ0) is 16.8. The first kappa shape index (κ1) is 16.2. The summed E-state index contributed by atoms with van der Waals surface area (Å²) in [6.45, 7) is 0. The van der Waals surface area contributed by atoms with E-state index < -0.39 is 11.9 Å². The average molecular weight is 359 g/mol. The van der Waals surface area contributed by atoms with Crippen LogP contribution in [0.1, 0.15) is 0 Å². The van der Waals surface area contributed by atoms with Gasteiger partial charge in [-0.1, -0.05) is 36.0 Å². The monoisotopic (exact) mass is 359 g/mol. The number of nitrogens with zero attached hydrogens (tertiary/aromatic N) is 2. The van der Waals surface area contributed by atoms with Crippen LogP contribution in [0, 0.1) is 0 Å². The average Bonchev–Trinajstić information content (AvgIpc) is 3.25. The largest absolute Gasteiger partial charge is 0.325 e. The van der Waals surface area contributed by atoms with Crippen LogP contribution in [0.4, 0.5) is 10.5 Å². The molecule has 0 atom stereocenters. The third-order valence-electron chi connectivity index (χ3n) is 2.84. The molecular formula is C15H13N5O2S2. The highest BCUT2D eigenvalue weighted by atomic mass is 32.2. The first-order valence-electron chi connectivity index (χ1n) is 6.95. The Balaban J connectivity index is 1.46. The van der Waals surface area contributed by atoms with Gasteiger partial charge in [0.25, 0.3) is 0 Å². The highest BCUT2D eigenvalue weighted by Gasteiger charge is 2.11. The zero-order valence-electron chi connectivity index (χ0n) is 12.4. The molecule has 0 aliphatic heterocycles. The Morgan fingerprint density at radius 1 is 1.17 bits per heavy atom. The SMILES string of the molecule is O=C(CSc1n[nH]c(-c2cccs2)n1)NC(=O)Nc1ccccc1. The summed E-state index contributed by atoms with van der Waals surface area (Å²) in [5, 5.41) is 14.1. The second kappa shape index (κ2) is 7.75. The number of para-hydroxylation sites is 1. The van der Waals surface area contributed by atoms with Crippen LogP contribution in [-0.2, 0) is 4.79 Å². The van der Waals surface area contributed by atoms with Gasteiger partial charge in [0.15, 0.2) is 5.82 Å². The Kier molecular flexibility index (Phi) is 5.24. The highest BCUT2D eigenvalue weighted by molar-refractivity contribution is 7.99. The number of urea groups is 1. The molecule has 0 saturated heterocycles. The van der Waals surface area contributed by atoms with Gasteiger partial charge in [0, 0.05) is 5.69 Å². The van der Waals surface area contributed by atoms with Gasteiger partial charge in [0.2, 0.25) is 11.1 Å². The van der Waals surface area contributed by atoms with E-state index in [2.05, 4.69) is 25.8 Å². The number of nitrogens with one attached hydrogen (secondary N) is 3. The minimum atomic E-state index is -0.568. The van der Waals surface area contributed by atoms with Crippen LogP contribution in [0.25, 0.3) is 10.7 Å². The predicted octanol–water partition coefficient (Wildman–Crippen LogP) is 2.97. The number of aromatic amines is 1. The van der Waals surface area contributed by atoms with Crippen LogP contribution < -0.4 is 10.6 Å². The molecule has 3 rings (SSSR count). The van der Waals surface area contributed by atoms with Crippen molar-refractivity contribution in [3.8, 4) is 10.7 Å². The lowest BCUT2D eigenvalue weighted by Crippen LogP contribution is -2.35. The van der Waals surface area contributed by atoms with Crippen molar-refractivity contribution >= 4 is 40.7 Å². The molecule has 0 fully saturated rings. The van der Waals surface area contributed by atoms with Crippen molar-refractivity contribution in [1.82, 2.24) is 20.5 Å². The molecule has 2 aromatic heterocycles. The highest BCUT2D eigenvalue weighted by Crippen LogP contribution is 2.22. The molecule has 0 aliphatic carbocycles. The molecule has 3 amide bonds. The van der Waals surface area contributed by atoms with Gasteiger partial charge in [0.05, 0.1) is 10.6 Å². The van der Waals surface area contributed by atoms with Gasteiger partial charge < -0.3 is 5.32 Å². The lowest BCUT2D eigenvalue weighted by atomic mass is 10.3. The minimum Gasteiger partial charge on any atom is -0.308 e. The number of hydrogen-bond acceptors (Lipinski definition) is 6. The number of hydrogen-bond donors (Lipinski definition) is 3. The summed E-state index contributed by atoms with van der Waals surface area (Å²) in [4.78, 5) is 28.8. The van der Waals surface area contributed by atoms with Crippen LogP contribution >= 0.6 is 23.1 Å². The number of rotatable bonds is 5. The normalized spacial score (nSPS) is 10.3. The molecule has 2 heterocycles. The summed E-state index contributed by atoms with van der Waals surface area (Å²) in [7, 11) is 0. The summed E-state index contributed by atoms with van der Waals surface area (Å²) in [5.74, 6) is 0.287. The van der Waals surface area contributed by atoms with E-state index in [0.717, 1.165) is 16.6 Å². The number of carbonyl (C=O) groups excluding carboxylic acids is 2. The number of benzene rings is 1. The third kappa shape index (κ3) is 4.43. The molecule has 0 spiro atoms. The van der Waals surface area contributed by atoms with E-state index in [4.69, 9.17) is 0 Å². The predicted molar refractivity (Wildman–Crippen MR) is 94.0 cm³/mol. The van der Waals surface area contributed by atoms with Gasteiger partial charge in [-0.05, 0) is 23.6 Å². The number of thiophene rings is 1. The maximum atomic E-state index is 11.8. The Labute approximate surface area is 145 Å². The second-order valence-electron chi connectivity index (χ2n) is 4.60. The van der Waals surface area contributed by atoms with Gasteiger partial charge >= 0.3 is 6.03 Å². The lowest BCUT2D eigenvalue weighted by molar-refractivity contribution is -0.117. The zero-order valence-corrected chi connectivity index (χ0v) is 14.0. The number of carbonyl (C=O) groups is 2. The van der Waals surface area contributed by atoms with Crippen LogP contribution in [0.5, 0.6) is 0 Å². The fraction of sp³-hybridized carbons (Fsp3) is 0.0667. The van der Waals surface area contributed by atoms with Gasteiger partial charge in [-0.15, -0.1) is 16.4 Å². The first-order valence-corrected chi connectivity index (χ1v) is 8.82. The van der Waals surface area contributed by atoms with E-state index in [1.165, 1.54) is 0 Å². The molecule has 0 radical (unpaired) electrons. The van der Waals surface area contributed by atoms with Crippen LogP contribution in [0.3, 0.4) is 0 Å². The molecule has 24 heavy (non-hydrogen) atoms. The van der Waals surface area contributed by atoms with Gasteiger partial charge in [-0.25, -0.2) is 9.78 Å². The summed E-state index contributed by atoms with van der Waals surface area (Å²) < 4.78 is 0. The number of anilines is 1. The van der Waals surface area contributed by atoms with E-state index in [-0.39, 0.29) is 5.75 Å². The topological polar surface area (TPSA) is 99.8 Å². The van der Waals surface area contributed by atoms with E-state index >= 15 is 0 Å². The Hall–Kier alpha value is -2.65. The lowest BCUT2D eigenvalue weighted by Gasteiger charge is -2.05. The van der Waals surface area contributed by atoms with Crippen molar-refractivity contribution in [2.45, 2.75) is 5.16 Å². The molecular weight excluding hydrogens is 346 g/mol. The van der Waals surface area contributed by atoms with Crippen molar-refractivity contribution in [2.24, 2.45) is 0 Å². The van der Waals surface area contributed by atoms with Gasteiger partial charge in [-0.3, -0.25) is 15.2 Å². The van der Waals surface area contributed by atoms with E-state index in [1.54, 1.807) is 35.6 Å². The number of imide groups is 1. The van der Waals surface area contributed by atoms with E-state index in [9.17, 15) is 9.59 Å². The molecule has 3 aromatic rings. The second-order valence-corrected chi connectivity index (χ2v) is 6.49.